The van der Waals surface area contributed by atoms with Gasteiger partial charge in [0.2, 0.25) is 0 Å². The summed E-state index contributed by atoms with van der Waals surface area (Å²) >= 11 is 0. The van der Waals surface area contributed by atoms with Crippen LogP contribution < -0.4 is 5.32 Å². The van der Waals surface area contributed by atoms with Crippen molar-refractivity contribution in [3.63, 3.8) is 0 Å². The minimum Gasteiger partial charge on any atom is -0.316 e. The van der Waals surface area contributed by atoms with Crippen LogP contribution in [0.15, 0.2) is 18.3 Å². The summed E-state index contributed by atoms with van der Waals surface area (Å²) in [6.45, 7) is 2.35. The van der Waals surface area contributed by atoms with Gasteiger partial charge in [-0.15, -0.1) is 0 Å². The summed E-state index contributed by atoms with van der Waals surface area (Å²) in [5.74, 6) is 2.44. The molecule has 1 fully saturated rings. The van der Waals surface area contributed by atoms with Crippen molar-refractivity contribution in [2.75, 3.05) is 7.05 Å². The SMILES string of the molecule is CCC1CCC(C(NC)C2CCCc3cccnc32)C1. The van der Waals surface area contributed by atoms with Crippen LogP contribution in [-0.4, -0.2) is 18.1 Å². The van der Waals surface area contributed by atoms with E-state index in [2.05, 4.69) is 31.4 Å². The van der Waals surface area contributed by atoms with Crippen molar-refractivity contribution in [3.05, 3.63) is 29.6 Å². The van der Waals surface area contributed by atoms with Gasteiger partial charge in [-0.25, -0.2) is 0 Å². The van der Waals surface area contributed by atoms with Crippen LogP contribution in [0.5, 0.6) is 0 Å². The second kappa shape index (κ2) is 6.26. The zero-order valence-corrected chi connectivity index (χ0v) is 12.9. The van der Waals surface area contributed by atoms with Crippen LogP contribution in [0.3, 0.4) is 0 Å². The molecule has 4 unspecified atom stereocenters. The molecule has 4 atom stereocenters. The van der Waals surface area contributed by atoms with Gasteiger partial charge in [-0.3, -0.25) is 4.98 Å². The predicted molar refractivity (Wildman–Crippen MR) is 83.9 cm³/mol. The number of hydrogen-bond donors (Lipinski definition) is 1. The van der Waals surface area contributed by atoms with Crippen LogP contribution in [-0.2, 0) is 6.42 Å². The third-order valence-corrected chi connectivity index (χ3v) is 5.67. The highest BCUT2D eigenvalue weighted by molar-refractivity contribution is 5.27. The normalized spacial score (nSPS) is 31.0. The molecule has 2 heteroatoms. The zero-order valence-electron chi connectivity index (χ0n) is 12.9. The molecule has 1 heterocycles. The summed E-state index contributed by atoms with van der Waals surface area (Å²) in [4.78, 5) is 4.74. The van der Waals surface area contributed by atoms with E-state index in [4.69, 9.17) is 4.98 Å². The number of aryl methyl sites for hydroxylation is 1. The molecule has 20 heavy (non-hydrogen) atoms. The van der Waals surface area contributed by atoms with E-state index in [1.165, 1.54) is 56.2 Å². The van der Waals surface area contributed by atoms with Crippen molar-refractivity contribution >= 4 is 0 Å². The predicted octanol–water partition coefficient (Wildman–Crippen LogP) is 3.92. The average molecular weight is 272 g/mol. The molecule has 1 saturated carbocycles. The number of aromatic nitrogens is 1. The molecule has 0 radical (unpaired) electrons. The quantitative estimate of drug-likeness (QED) is 0.898. The van der Waals surface area contributed by atoms with Gasteiger partial charge in [-0.05, 0) is 62.6 Å². The Balaban J connectivity index is 1.80. The molecule has 0 aromatic carbocycles. The van der Waals surface area contributed by atoms with Crippen molar-refractivity contribution in [2.45, 2.75) is 63.8 Å². The molecule has 1 aromatic heterocycles. The molecule has 1 N–H and O–H groups in total. The van der Waals surface area contributed by atoms with E-state index in [9.17, 15) is 0 Å². The van der Waals surface area contributed by atoms with Crippen LogP contribution in [0.25, 0.3) is 0 Å². The second-order valence-electron chi connectivity index (χ2n) is 6.71. The van der Waals surface area contributed by atoms with Crippen LogP contribution in [0.4, 0.5) is 0 Å². The number of hydrogen-bond acceptors (Lipinski definition) is 2. The number of likely N-dealkylation sites (N-methyl/N-ethyl adjacent to an activating group) is 1. The number of nitrogens with one attached hydrogen (secondary N) is 1. The number of nitrogens with zero attached hydrogens (tertiary/aromatic N) is 1. The minimum atomic E-state index is 0.625. The minimum absolute atomic E-state index is 0.625. The summed E-state index contributed by atoms with van der Waals surface area (Å²) in [6.07, 6.45) is 11.4. The third-order valence-electron chi connectivity index (χ3n) is 5.67. The number of fused-ring (bicyclic) bond motifs is 1. The molecule has 0 amide bonds. The van der Waals surface area contributed by atoms with Crippen molar-refractivity contribution in [1.82, 2.24) is 10.3 Å². The highest BCUT2D eigenvalue weighted by Gasteiger charge is 2.36. The van der Waals surface area contributed by atoms with Crippen molar-refractivity contribution in [2.24, 2.45) is 11.8 Å². The van der Waals surface area contributed by atoms with Crippen molar-refractivity contribution in [3.8, 4) is 0 Å². The van der Waals surface area contributed by atoms with Crippen molar-refractivity contribution < 1.29 is 0 Å². The molecule has 2 aliphatic carbocycles. The summed E-state index contributed by atoms with van der Waals surface area (Å²) < 4.78 is 0. The maximum atomic E-state index is 4.74. The Hall–Kier alpha value is -0.890. The summed E-state index contributed by atoms with van der Waals surface area (Å²) in [5.41, 5.74) is 2.88. The summed E-state index contributed by atoms with van der Waals surface area (Å²) in [6, 6.07) is 5.00. The highest BCUT2D eigenvalue weighted by atomic mass is 14.9. The first-order valence-corrected chi connectivity index (χ1v) is 8.44. The first-order chi connectivity index (χ1) is 9.83. The van der Waals surface area contributed by atoms with E-state index < -0.39 is 0 Å². The lowest BCUT2D eigenvalue weighted by Gasteiger charge is -2.35. The lowest BCUT2D eigenvalue weighted by Crippen LogP contribution is -2.40. The van der Waals surface area contributed by atoms with E-state index in [0.717, 1.165) is 11.8 Å². The maximum absolute atomic E-state index is 4.74. The number of pyridine rings is 1. The molecular formula is C18H28N2. The third kappa shape index (κ3) is 2.63. The van der Waals surface area contributed by atoms with Gasteiger partial charge in [0.25, 0.3) is 0 Å². The molecule has 1 aromatic rings. The Bertz CT molecular complexity index is 443. The lowest BCUT2D eigenvalue weighted by molar-refractivity contribution is 0.293. The largest absolute Gasteiger partial charge is 0.316 e. The fraction of sp³-hybridized carbons (Fsp3) is 0.722. The molecule has 110 valence electrons. The molecule has 0 aliphatic heterocycles. The first-order valence-electron chi connectivity index (χ1n) is 8.44. The fourth-order valence-electron chi connectivity index (χ4n) is 4.57. The molecule has 2 nitrogen and oxygen atoms in total. The van der Waals surface area contributed by atoms with Gasteiger partial charge >= 0.3 is 0 Å². The summed E-state index contributed by atoms with van der Waals surface area (Å²) in [5, 5.41) is 3.66. The van der Waals surface area contributed by atoms with Crippen LogP contribution in [0.2, 0.25) is 0 Å². The first kappa shape index (κ1) is 14.1. The second-order valence-corrected chi connectivity index (χ2v) is 6.71. The Kier molecular flexibility index (Phi) is 4.40. The van der Waals surface area contributed by atoms with E-state index in [1.54, 1.807) is 0 Å². The van der Waals surface area contributed by atoms with Gasteiger partial charge in [0.15, 0.2) is 0 Å². The average Bonchev–Trinajstić information content (AvgIpc) is 2.97. The lowest BCUT2D eigenvalue weighted by atomic mass is 9.76. The molecular weight excluding hydrogens is 244 g/mol. The van der Waals surface area contributed by atoms with Gasteiger partial charge < -0.3 is 5.32 Å². The van der Waals surface area contributed by atoms with Gasteiger partial charge in [-0.2, -0.15) is 0 Å². The maximum Gasteiger partial charge on any atom is 0.0482 e. The Labute approximate surface area is 123 Å². The van der Waals surface area contributed by atoms with Crippen molar-refractivity contribution in [1.29, 1.82) is 0 Å². The molecule has 3 rings (SSSR count). The van der Waals surface area contributed by atoms with Gasteiger partial charge in [0.1, 0.15) is 0 Å². The van der Waals surface area contributed by atoms with Gasteiger partial charge in [-0.1, -0.05) is 25.8 Å². The highest BCUT2D eigenvalue weighted by Crippen LogP contribution is 2.42. The standard InChI is InChI=1S/C18H28N2/c1-3-13-9-10-15(12-13)17(19-2)16-8-4-6-14-7-5-11-20-18(14)16/h5,7,11,13,15-17,19H,3-4,6,8-10,12H2,1-2H3. The number of rotatable bonds is 4. The van der Waals surface area contributed by atoms with E-state index in [0.29, 0.717) is 12.0 Å². The molecule has 0 saturated heterocycles. The van der Waals surface area contributed by atoms with Crippen LogP contribution >= 0.6 is 0 Å². The molecule has 0 bridgehead atoms. The van der Waals surface area contributed by atoms with E-state index in [1.807, 2.05) is 6.20 Å². The van der Waals surface area contributed by atoms with Crippen LogP contribution in [0, 0.1) is 11.8 Å². The van der Waals surface area contributed by atoms with Crippen LogP contribution in [0.1, 0.15) is 62.6 Å². The topological polar surface area (TPSA) is 24.9 Å². The van der Waals surface area contributed by atoms with E-state index in [-0.39, 0.29) is 0 Å². The smallest absolute Gasteiger partial charge is 0.0482 e. The van der Waals surface area contributed by atoms with E-state index >= 15 is 0 Å². The molecule has 2 aliphatic rings. The fourth-order valence-corrected chi connectivity index (χ4v) is 4.57. The molecule has 0 spiro atoms. The summed E-state index contributed by atoms with van der Waals surface area (Å²) in [7, 11) is 2.15. The Morgan fingerprint density at radius 3 is 3.00 bits per heavy atom. The van der Waals surface area contributed by atoms with Gasteiger partial charge in [0, 0.05) is 23.9 Å². The Morgan fingerprint density at radius 2 is 2.25 bits per heavy atom. The van der Waals surface area contributed by atoms with Gasteiger partial charge in [0.05, 0.1) is 0 Å². The Morgan fingerprint density at radius 1 is 1.35 bits per heavy atom. The zero-order chi connectivity index (χ0) is 13.9. The monoisotopic (exact) mass is 272 g/mol.